The Morgan fingerprint density at radius 1 is 1.29 bits per heavy atom. The Labute approximate surface area is 89.5 Å². The highest BCUT2D eigenvalue weighted by molar-refractivity contribution is 5.85. The summed E-state index contributed by atoms with van der Waals surface area (Å²) in [6, 6.07) is 5.74. The number of hydrogen-bond acceptors (Lipinski definition) is 2. The molecule has 1 aromatic rings. The van der Waals surface area contributed by atoms with Crippen molar-refractivity contribution in [3.05, 3.63) is 34.7 Å². The Morgan fingerprint density at radius 3 is 2.64 bits per heavy atom. The minimum atomic E-state index is 0. The van der Waals surface area contributed by atoms with Crippen molar-refractivity contribution >= 4 is 12.4 Å². The number of nitrogens with zero attached hydrogens (tertiary/aromatic N) is 1. The Bertz CT molecular complexity index is 331. The number of pyridine rings is 1. The summed E-state index contributed by atoms with van der Waals surface area (Å²) in [6.07, 6.45) is 4.01. The summed E-state index contributed by atoms with van der Waals surface area (Å²) in [4.78, 5) is 11.5. The van der Waals surface area contributed by atoms with Crippen LogP contribution in [-0.4, -0.2) is 17.7 Å². The average molecular weight is 215 g/mol. The van der Waals surface area contributed by atoms with Crippen LogP contribution in [0.3, 0.4) is 0 Å². The van der Waals surface area contributed by atoms with Crippen LogP contribution in [0.15, 0.2) is 29.2 Å². The van der Waals surface area contributed by atoms with Gasteiger partial charge in [-0.1, -0.05) is 6.07 Å². The molecule has 2 heterocycles. The first-order valence-electron chi connectivity index (χ1n) is 4.76. The van der Waals surface area contributed by atoms with E-state index in [2.05, 4.69) is 5.32 Å². The molecular weight excluding hydrogens is 200 g/mol. The quantitative estimate of drug-likeness (QED) is 0.762. The minimum Gasteiger partial charge on any atom is -0.317 e. The van der Waals surface area contributed by atoms with Crippen molar-refractivity contribution in [3.63, 3.8) is 0 Å². The van der Waals surface area contributed by atoms with Crippen molar-refractivity contribution in [1.29, 1.82) is 0 Å². The second kappa shape index (κ2) is 5.17. The highest BCUT2D eigenvalue weighted by Gasteiger charge is 2.14. The SMILES string of the molecule is Cl.O=c1ccccn1C1CCNCC1. The fourth-order valence-corrected chi connectivity index (χ4v) is 1.83. The van der Waals surface area contributed by atoms with E-state index in [1.807, 2.05) is 16.8 Å². The molecule has 1 aliphatic rings. The normalized spacial score (nSPS) is 17.4. The van der Waals surface area contributed by atoms with Gasteiger partial charge in [0.15, 0.2) is 0 Å². The van der Waals surface area contributed by atoms with E-state index in [-0.39, 0.29) is 18.0 Å². The van der Waals surface area contributed by atoms with Crippen LogP contribution in [0, 0.1) is 0 Å². The number of hydrogen-bond donors (Lipinski definition) is 1. The molecule has 0 bridgehead atoms. The summed E-state index contributed by atoms with van der Waals surface area (Å²) in [5, 5.41) is 3.29. The lowest BCUT2D eigenvalue weighted by Gasteiger charge is -2.24. The smallest absolute Gasteiger partial charge is 0.250 e. The molecular formula is C10H15ClN2O. The van der Waals surface area contributed by atoms with E-state index in [9.17, 15) is 4.79 Å². The molecule has 1 aliphatic heterocycles. The van der Waals surface area contributed by atoms with Gasteiger partial charge in [0.05, 0.1) is 0 Å². The third kappa shape index (κ3) is 2.36. The van der Waals surface area contributed by atoms with Crippen LogP contribution in [0.4, 0.5) is 0 Å². The second-order valence-corrected chi connectivity index (χ2v) is 3.43. The third-order valence-electron chi connectivity index (χ3n) is 2.55. The lowest BCUT2D eigenvalue weighted by atomic mass is 10.1. The summed E-state index contributed by atoms with van der Waals surface area (Å²) in [6.45, 7) is 2.04. The van der Waals surface area contributed by atoms with E-state index < -0.39 is 0 Å². The zero-order valence-corrected chi connectivity index (χ0v) is 8.80. The number of piperidine rings is 1. The van der Waals surface area contributed by atoms with Crippen molar-refractivity contribution in [2.45, 2.75) is 18.9 Å². The average Bonchev–Trinajstić information content (AvgIpc) is 2.20. The Balaban J connectivity index is 0.000000980. The molecule has 0 saturated carbocycles. The van der Waals surface area contributed by atoms with Gasteiger partial charge in [0.2, 0.25) is 0 Å². The van der Waals surface area contributed by atoms with Gasteiger partial charge in [0.25, 0.3) is 5.56 Å². The summed E-state index contributed by atoms with van der Waals surface area (Å²) >= 11 is 0. The zero-order valence-electron chi connectivity index (χ0n) is 7.98. The Kier molecular flexibility index (Phi) is 4.17. The standard InChI is InChI=1S/C10H14N2O.ClH/c13-10-3-1-2-8-12(10)9-4-6-11-7-5-9;/h1-3,8-9,11H,4-7H2;1H. The molecule has 1 saturated heterocycles. The predicted octanol–water partition coefficient (Wildman–Crippen LogP) is 1.19. The molecule has 1 aromatic heterocycles. The van der Waals surface area contributed by atoms with Gasteiger partial charge in [-0.15, -0.1) is 12.4 Å². The largest absolute Gasteiger partial charge is 0.317 e. The van der Waals surface area contributed by atoms with Crippen LogP contribution in [0.1, 0.15) is 18.9 Å². The Morgan fingerprint density at radius 2 is 2.00 bits per heavy atom. The predicted molar refractivity (Wildman–Crippen MR) is 59.1 cm³/mol. The summed E-state index contributed by atoms with van der Waals surface area (Å²) in [5.74, 6) is 0. The first-order valence-corrected chi connectivity index (χ1v) is 4.76. The molecule has 0 amide bonds. The van der Waals surface area contributed by atoms with E-state index in [4.69, 9.17) is 0 Å². The summed E-state index contributed by atoms with van der Waals surface area (Å²) in [5.41, 5.74) is 0.120. The topological polar surface area (TPSA) is 34.0 Å². The molecule has 0 radical (unpaired) electrons. The Hall–Kier alpha value is -0.800. The van der Waals surface area contributed by atoms with Gasteiger partial charge in [-0.3, -0.25) is 4.79 Å². The van der Waals surface area contributed by atoms with Crippen LogP contribution >= 0.6 is 12.4 Å². The van der Waals surface area contributed by atoms with Gasteiger partial charge in [-0.2, -0.15) is 0 Å². The van der Waals surface area contributed by atoms with Crippen LogP contribution in [0.5, 0.6) is 0 Å². The molecule has 2 rings (SSSR count). The number of rotatable bonds is 1. The molecule has 1 N–H and O–H groups in total. The van der Waals surface area contributed by atoms with Crippen LogP contribution < -0.4 is 10.9 Å². The van der Waals surface area contributed by atoms with E-state index in [0.717, 1.165) is 25.9 Å². The molecule has 3 nitrogen and oxygen atoms in total. The third-order valence-corrected chi connectivity index (χ3v) is 2.55. The van der Waals surface area contributed by atoms with Crippen molar-refractivity contribution < 1.29 is 0 Å². The van der Waals surface area contributed by atoms with Crippen molar-refractivity contribution in [3.8, 4) is 0 Å². The van der Waals surface area contributed by atoms with E-state index in [0.29, 0.717) is 6.04 Å². The lowest BCUT2D eigenvalue weighted by molar-refractivity contribution is 0.361. The van der Waals surface area contributed by atoms with Gasteiger partial charge in [0, 0.05) is 18.3 Å². The maximum absolute atomic E-state index is 11.5. The highest BCUT2D eigenvalue weighted by Crippen LogP contribution is 2.15. The molecule has 78 valence electrons. The second-order valence-electron chi connectivity index (χ2n) is 3.43. The first-order chi connectivity index (χ1) is 6.38. The molecule has 1 fully saturated rings. The van der Waals surface area contributed by atoms with E-state index in [1.165, 1.54) is 0 Å². The van der Waals surface area contributed by atoms with Crippen molar-refractivity contribution in [2.24, 2.45) is 0 Å². The van der Waals surface area contributed by atoms with Crippen LogP contribution in [0.2, 0.25) is 0 Å². The van der Waals surface area contributed by atoms with Gasteiger partial charge >= 0.3 is 0 Å². The number of nitrogens with one attached hydrogen (secondary N) is 1. The van der Waals surface area contributed by atoms with Gasteiger partial charge in [0.1, 0.15) is 0 Å². The fourth-order valence-electron chi connectivity index (χ4n) is 1.83. The monoisotopic (exact) mass is 214 g/mol. The maximum atomic E-state index is 11.5. The molecule has 0 spiro atoms. The van der Waals surface area contributed by atoms with Gasteiger partial charge in [-0.05, 0) is 32.0 Å². The fraction of sp³-hybridized carbons (Fsp3) is 0.500. The summed E-state index contributed by atoms with van der Waals surface area (Å²) < 4.78 is 1.85. The molecule has 4 heteroatoms. The van der Waals surface area contributed by atoms with Gasteiger partial charge < -0.3 is 9.88 Å². The molecule has 0 unspecified atom stereocenters. The van der Waals surface area contributed by atoms with Crippen molar-refractivity contribution in [2.75, 3.05) is 13.1 Å². The zero-order chi connectivity index (χ0) is 9.10. The first kappa shape index (κ1) is 11.3. The maximum Gasteiger partial charge on any atom is 0.250 e. The number of aromatic nitrogens is 1. The van der Waals surface area contributed by atoms with Crippen molar-refractivity contribution in [1.82, 2.24) is 9.88 Å². The lowest BCUT2D eigenvalue weighted by Crippen LogP contribution is -2.33. The number of halogens is 1. The summed E-state index contributed by atoms with van der Waals surface area (Å²) in [7, 11) is 0. The van der Waals surface area contributed by atoms with E-state index >= 15 is 0 Å². The van der Waals surface area contributed by atoms with Gasteiger partial charge in [-0.25, -0.2) is 0 Å². The molecule has 0 aromatic carbocycles. The molecule has 14 heavy (non-hydrogen) atoms. The molecule has 0 atom stereocenters. The van der Waals surface area contributed by atoms with E-state index in [1.54, 1.807) is 12.1 Å². The van der Waals surface area contributed by atoms with Crippen LogP contribution in [-0.2, 0) is 0 Å². The molecule has 0 aliphatic carbocycles. The highest BCUT2D eigenvalue weighted by atomic mass is 35.5. The van der Waals surface area contributed by atoms with Crippen LogP contribution in [0.25, 0.3) is 0 Å². The minimum absolute atomic E-state index is 0.